The lowest BCUT2D eigenvalue weighted by Gasteiger charge is -2.36. The molecule has 6 heteroatoms. The summed E-state index contributed by atoms with van der Waals surface area (Å²) < 4.78 is 11.2. The van der Waals surface area contributed by atoms with Crippen LogP contribution < -0.4 is 14.4 Å². The maximum Gasteiger partial charge on any atom is 0.259 e. The highest BCUT2D eigenvalue weighted by atomic mass is 16.5. The molecule has 0 bridgehead atoms. The summed E-state index contributed by atoms with van der Waals surface area (Å²) in [4.78, 5) is 21.2. The quantitative estimate of drug-likeness (QED) is 0.798. The molecule has 3 rings (SSSR count). The molecule has 6 nitrogen and oxygen atoms in total. The molecule has 1 aliphatic rings. The van der Waals surface area contributed by atoms with Crippen molar-refractivity contribution in [3.63, 3.8) is 0 Å². The highest BCUT2D eigenvalue weighted by molar-refractivity contribution is 5.96. The summed E-state index contributed by atoms with van der Waals surface area (Å²) in [7, 11) is 0. The van der Waals surface area contributed by atoms with Crippen LogP contribution in [0.25, 0.3) is 0 Å². The van der Waals surface area contributed by atoms with E-state index in [1.165, 1.54) is 0 Å². The minimum absolute atomic E-state index is 0.0284. The van der Waals surface area contributed by atoms with E-state index in [-0.39, 0.29) is 5.91 Å². The third-order valence-corrected chi connectivity index (χ3v) is 4.36. The van der Waals surface area contributed by atoms with Crippen LogP contribution in [0.1, 0.15) is 24.2 Å². The number of carbonyl (C=O) groups is 1. The van der Waals surface area contributed by atoms with Crippen LogP contribution >= 0.6 is 0 Å². The zero-order valence-electron chi connectivity index (χ0n) is 15.4. The topological polar surface area (TPSA) is 54.9 Å². The lowest BCUT2D eigenvalue weighted by atomic mass is 10.2. The molecule has 1 saturated heterocycles. The smallest absolute Gasteiger partial charge is 0.259 e. The summed E-state index contributed by atoms with van der Waals surface area (Å²) in [5.41, 5.74) is 1.61. The molecule has 0 saturated carbocycles. The van der Waals surface area contributed by atoms with Crippen molar-refractivity contribution in [3.05, 3.63) is 48.2 Å². The number of amides is 1. The third kappa shape index (κ3) is 3.90. The first-order valence-corrected chi connectivity index (χ1v) is 9.08. The van der Waals surface area contributed by atoms with Gasteiger partial charge in [0.1, 0.15) is 11.3 Å². The number of rotatable bonds is 6. The fourth-order valence-electron chi connectivity index (χ4n) is 3.12. The van der Waals surface area contributed by atoms with Crippen LogP contribution in [0, 0.1) is 0 Å². The summed E-state index contributed by atoms with van der Waals surface area (Å²) in [5.74, 6) is 1.27. The standard InChI is InChI=1S/C20H25N3O3/c1-3-25-18-10-6-5-9-17(18)22-12-14-23(15-13-22)20(24)16-8-7-11-21-19(16)26-4-2/h5-11H,3-4,12-15H2,1-2H3. The molecule has 1 aromatic carbocycles. The number of carbonyl (C=O) groups excluding carboxylic acids is 1. The van der Waals surface area contributed by atoms with Gasteiger partial charge in [0.25, 0.3) is 5.91 Å². The number of ether oxygens (including phenoxy) is 2. The second-order valence-corrected chi connectivity index (χ2v) is 5.97. The number of piperazine rings is 1. The normalized spacial score (nSPS) is 14.2. The Morgan fingerprint density at radius 1 is 1.00 bits per heavy atom. The Balaban J connectivity index is 1.68. The van der Waals surface area contributed by atoms with Crippen LogP contribution in [-0.2, 0) is 0 Å². The second-order valence-electron chi connectivity index (χ2n) is 5.97. The van der Waals surface area contributed by atoms with E-state index in [9.17, 15) is 4.79 Å². The number of anilines is 1. The van der Waals surface area contributed by atoms with Crippen LogP contribution in [0.4, 0.5) is 5.69 Å². The van der Waals surface area contributed by atoms with Crippen molar-refractivity contribution in [2.75, 3.05) is 44.3 Å². The number of aromatic nitrogens is 1. The Hall–Kier alpha value is -2.76. The fourth-order valence-corrected chi connectivity index (χ4v) is 3.12. The van der Waals surface area contributed by atoms with Crippen molar-refractivity contribution < 1.29 is 14.3 Å². The van der Waals surface area contributed by atoms with Gasteiger partial charge in [-0.2, -0.15) is 0 Å². The van der Waals surface area contributed by atoms with Crippen molar-refractivity contribution in [1.29, 1.82) is 0 Å². The predicted molar refractivity (Wildman–Crippen MR) is 101 cm³/mol. The van der Waals surface area contributed by atoms with Gasteiger partial charge in [-0.15, -0.1) is 0 Å². The first kappa shape index (κ1) is 18.0. The minimum atomic E-state index is -0.0284. The lowest BCUT2D eigenvalue weighted by Crippen LogP contribution is -2.49. The molecule has 0 spiro atoms. The number of hydrogen-bond donors (Lipinski definition) is 0. The molecule has 138 valence electrons. The predicted octanol–water partition coefficient (Wildman–Crippen LogP) is 2.84. The third-order valence-electron chi connectivity index (χ3n) is 4.36. The van der Waals surface area contributed by atoms with Crippen LogP contribution in [0.15, 0.2) is 42.6 Å². The molecular weight excluding hydrogens is 330 g/mol. The molecule has 2 aromatic rings. The summed E-state index contributed by atoms with van der Waals surface area (Å²) in [6.07, 6.45) is 1.64. The van der Waals surface area contributed by atoms with Gasteiger partial charge in [-0.3, -0.25) is 4.79 Å². The first-order chi connectivity index (χ1) is 12.7. The SMILES string of the molecule is CCOc1ccccc1N1CCN(C(=O)c2cccnc2OCC)CC1. The first-order valence-electron chi connectivity index (χ1n) is 9.08. The summed E-state index contributed by atoms with van der Waals surface area (Å²) in [6.45, 7) is 7.82. The Bertz CT molecular complexity index is 743. The average molecular weight is 355 g/mol. The number of benzene rings is 1. The molecule has 0 aliphatic carbocycles. The molecule has 1 fully saturated rings. The largest absolute Gasteiger partial charge is 0.492 e. The molecule has 1 aliphatic heterocycles. The van der Waals surface area contributed by atoms with Crippen molar-refractivity contribution in [2.45, 2.75) is 13.8 Å². The minimum Gasteiger partial charge on any atom is -0.492 e. The number of para-hydroxylation sites is 2. The molecule has 1 amide bonds. The zero-order chi connectivity index (χ0) is 18.4. The molecular formula is C20H25N3O3. The molecule has 26 heavy (non-hydrogen) atoms. The van der Waals surface area contributed by atoms with Gasteiger partial charge in [-0.25, -0.2) is 4.98 Å². The number of nitrogens with zero attached hydrogens (tertiary/aromatic N) is 3. The van der Waals surface area contributed by atoms with Crippen LogP contribution in [0.5, 0.6) is 11.6 Å². The van der Waals surface area contributed by atoms with E-state index < -0.39 is 0 Å². The zero-order valence-corrected chi connectivity index (χ0v) is 15.4. The van der Waals surface area contributed by atoms with Crippen molar-refractivity contribution >= 4 is 11.6 Å². The molecule has 0 N–H and O–H groups in total. The lowest BCUT2D eigenvalue weighted by molar-refractivity contribution is 0.0741. The van der Waals surface area contributed by atoms with Crippen LogP contribution in [-0.4, -0.2) is 55.2 Å². The monoisotopic (exact) mass is 355 g/mol. The summed E-state index contributed by atoms with van der Waals surface area (Å²) in [5, 5.41) is 0. The van der Waals surface area contributed by atoms with Gasteiger partial charge in [-0.05, 0) is 38.1 Å². The molecule has 0 radical (unpaired) electrons. The van der Waals surface area contributed by atoms with Crippen LogP contribution in [0.2, 0.25) is 0 Å². The van der Waals surface area contributed by atoms with Crippen molar-refractivity contribution in [3.8, 4) is 11.6 Å². The maximum absolute atomic E-state index is 12.9. The van der Waals surface area contributed by atoms with Gasteiger partial charge < -0.3 is 19.3 Å². The highest BCUT2D eigenvalue weighted by Gasteiger charge is 2.25. The van der Waals surface area contributed by atoms with Crippen molar-refractivity contribution in [2.24, 2.45) is 0 Å². The Morgan fingerprint density at radius 3 is 2.46 bits per heavy atom. The fraction of sp³-hybridized carbons (Fsp3) is 0.400. The second kappa shape index (κ2) is 8.56. The molecule has 1 aromatic heterocycles. The number of hydrogen-bond acceptors (Lipinski definition) is 5. The molecule has 0 unspecified atom stereocenters. The average Bonchev–Trinajstić information content (AvgIpc) is 2.69. The van der Waals surface area contributed by atoms with E-state index >= 15 is 0 Å². The van der Waals surface area contributed by atoms with Gasteiger partial charge in [0.2, 0.25) is 5.88 Å². The Kier molecular flexibility index (Phi) is 5.94. The van der Waals surface area contributed by atoms with Gasteiger partial charge in [0, 0.05) is 32.4 Å². The van der Waals surface area contributed by atoms with E-state index in [2.05, 4.69) is 16.0 Å². The molecule has 2 heterocycles. The van der Waals surface area contributed by atoms with Crippen molar-refractivity contribution in [1.82, 2.24) is 9.88 Å². The van der Waals surface area contributed by atoms with Crippen LogP contribution in [0.3, 0.4) is 0 Å². The van der Waals surface area contributed by atoms with E-state index in [1.807, 2.05) is 36.9 Å². The summed E-state index contributed by atoms with van der Waals surface area (Å²) >= 11 is 0. The highest BCUT2D eigenvalue weighted by Crippen LogP contribution is 2.29. The van der Waals surface area contributed by atoms with E-state index in [0.29, 0.717) is 37.7 Å². The molecule has 0 atom stereocenters. The van der Waals surface area contributed by atoms with Gasteiger partial charge in [-0.1, -0.05) is 12.1 Å². The maximum atomic E-state index is 12.9. The summed E-state index contributed by atoms with van der Waals surface area (Å²) in [6, 6.07) is 11.6. The van der Waals surface area contributed by atoms with Gasteiger partial charge in [0.05, 0.1) is 18.9 Å². The Morgan fingerprint density at radius 2 is 1.73 bits per heavy atom. The van der Waals surface area contributed by atoms with Gasteiger partial charge >= 0.3 is 0 Å². The van der Waals surface area contributed by atoms with E-state index in [0.717, 1.165) is 24.5 Å². The van der Waals surface area contributed by atoms with E-state index in [4.69, 9.17) is 9.47 Å². The van der Waals surface area contributed by atoms with Gasteiger partial charge in [0.15, 0.2) is 0 Å². The Labute approximate surface area is 154 Å². The number of pyridine rings is 1. The van der Waals surface area contributed by atoms with E-state index in [1.54, 1.807) is 18.3 Å².